The van der Waals surface area contributed by atoms with E-state index in [-0.39, 0.29) is 16.0 Å². The second-order valence-corrected chi connectivity index (χ2v) is 6.31. The van der Waals surface area contributed by atoms with Crippen LogP contribution in [0.15, 0.2) is 47.5 Å². The zero-order valence-corrected chi connectivity index (χ0v) is 13.3. The summed E-state index contributed by atoms with van der Waals surface area (Å²) < 4.78 is 0.250. The Kier molecular flexibility index (Phi) is 4.18. The van der Waals surface area contributed by atoms with Crippen molar-refractivity contribution in [1.82, 2.24) is 15.4 Å². The molecule has 0 bridgehead atoms. The van der Waals surface area contributed by atoms with Crippen molar-refractivity contribution in [3.63, 3.8) is 0 Å². The van der Waals surface area contributed by atoms with Gasteiger partial charge in [0.2, 0.25) is 0 Å². The van der Waals surface area contributed by atoms with Gasteiger partial charge >= 0.3 is 0 Å². The number of phenols is 1. The number of nitrogens with zero attached hydrogens (tertiary/aromatic N) is 1. The minimum Gasteiger partial charge on any atom is -0.508 e. The lowest BCUT2D eigenvalue weighted by Gasteiger charge is -2.15. The fraction of sp³-hybridized carbons (Fsp3) is 0. The van der Waals surface area contributed by atoms with Crippen molar-refractivity contribution >= 4 is 46.2 Å². The highest BCUT2D eigenvalue weighted by molar-refractivity contribution is 8.26. The van der Waals surface area contributed by atoms with E-state index in [2.05, 4.69) is 10.4 Å². The van der Waals surface area contributed by atoms with Crippen LogP contribution in [0.25, 0.3) is 6.08 Å². The number of hydrogen-bond acceptors (Lipinski definition) is 5. The molecule has 1 saturated heterocycles. The number of aromatic amines is 1. The minimum atomic E-state index is -0.484. The molecule has 6 nitrogen and oxygen atoms in total. The lowest BCUT2D eigenvalue weighted by Crippen LogP contribution is -2.44. The lowest BCUT2D eigenvalue weighted by molar-refractivity contribution is -0.123. The first-order valence-electron chi connectivity index (χ1n) is 6.56. The standard InChI is InChI=1S/C15H11N3O3S2/c19-11-5-3-9(4-6-11)13(20)17-18-14(21)12(23-15(18)22)8-10-2-1-7-16-10/h1-8,16,19H,(H,17,20)/b12-8+. The third kappa shape index (κ3) is 3.27. The Balaban J connectivity index is 1.75. The molecular formula is C15H11N3O3S2. The number of benzene rings is 1. The molecule has 1 aromatic heterocycles. The zero-order chi connectivity index (χ0) is 16.4. The summed E-state index contributed by atoms with van der Waals surface area (Å²) in [5, 5.41) is 10.3. The molecule has 1 aliphatic heterocycles. The molecule has 0 spiro atoms. The van der Waals surface area contributed by atoms with Crippen LogP contribution in [0, 0.1) is 0 Å². The van der Waals surface area contributed by atoms with Crippen molar-refractivity contribution < 1.29 is 14.7 Å². The van der Waals surface area contributed by atoms with Gasteiger partial charge in [-0.3, -0.25) is 15.0 Å². The van der Waals surface area contributed by atoms with Crippen molar-refractivity contribution in [3.8, 4) is 5.75 Å². The fourth-order valence-electron chi connectivity index (χ4n) is 1.92. The van der Waals surface area contributed by atoms with Crippen LogP contribution in [0.5, 0.6) is 5.75 Å². The van der Waals surface area contributed by atoms with E-state index in [1.54, 1.807) is 12.3 Å². The Hall–Kier alpha value is -2.58. The van der Waals surface area contributed by atoms with Crippen LogP contribution in [0.2, 0.25) is 0 Å². The topological polar surface area (TPSA) is 85.4 Å². The zero-order valence-electron chi connectivity index (χ0n) is 11.6. The van der Waals surface area contributed by atoms with Gasteiger partial charge in [0, 0.05) is 17.5 Å². The second-order valence-electron chi connectivity index (χ2n) is 4.63. The van der Waals surface area contributed by atoms with Crippen molar-refractivity contribution in [2.75, 3.05) is 0 Å². The van der Waals surface area contributed by atoms with E-state index in [0.29, 0.717) is 10.5 Å². The van der Waals surface area contributed by atoms with Gasteiger partial charge < -0.3 is 10.1 Å². The summed E-state index contributed by atoms with van der Waals surface area (Å²) in [4.78, 5) is 27.9. The lowest BCUT2D eigenvalue weighted by atomic mass is 10.2. The number of carbonyl (C=O) groups excluding carboxylic acids is 2. The molecule has 116 valence electrons. The molecule has 3 rings (SSSR count). The molecule has 2 amide bonds. The summed E-state index contributed by atoms with van der Waals surface area (Å²) in [5.41, 5.74) is 3.56. The van der Waals surface area contributed by atoms with Crippen LogP contribution in [0.1, 0.15) is 16.1 Å². The summed E-state index contributed by atoms with van der Waals surface area (Å²) in [6.07, 6.45) is 3.42. The molecule has 0 unspecified atom stereocenters. The number of hydrogen-bond donors (Lipinski definition) is 3. The number of carbonyl (C=O) groups is 2. The highest BCUT2D eigenvalue weighted by Crippen LogP contribution is 2.31. The first-order valence-corrected chi connectivity index (χ1v) is 7.78. The largest absolute Gasteiger partial charge is 0.508 e. The maximum atomic E-state index is 12.3. The Labute approximate surface area is 141 Å². The molecule has 23 heavy (non-hydrogen) atoms. The molecule has 3 N–H and O–H groups in total. The number of rotatable bonds is 3. The van der Waals surface area contributed by atoms with E-state index in [4.69, 9.17) is 12.2 Å². The van der Waals surface area contributed by atoms with Gasteiger partial charge in [-0.05, 0) is 54.7 Å². The Morgan fingerprint density at radius 1 is 1.30 bits per heavy atom. The molecule has 1 aliphatic rings. The van der Waals surface area contributed by atoms with Gasteiger partial charge in [-0.2, -0.15) is 5.01 Å². The molecule has 8 heteroatoms. The Bertz CT molecular complexity index is 798. The normalized spacial score (nSPS) is 16.2. The van der Waals surface area contributed by atoms with Gasteiger partial charge in [0.1, 0.15) is 5.75 Å². The van der Waals surface area contributed by atoms with E-state index in [9.17, 15) is 14.7 Å². The first-order chi connectivity index (χ1) is 11.0. The van der Waals surface area contributed by atoms with Crippen molar-refractivity contribution in [1.29, 1.82) is 0 Å². The molecule has 0 atom stereocenters. The average molecular weight is 345 g/mol. The SMILES string of the molecule is O=C(NN1C(=O)/C(=C\c2ccc[nH]2)SC1=S)c1ccc(O)cc1. The average Bonchev–Trinajstić information content (AvgIpc) is 3.12. The van der Waals surface area contributed by atoms with Gasteiger partial charge in [0.15, 0.2) is 4.32 Å². The quantitative estimate of drug-likeness (QED) is 0.587. The number of nitrogens with one attached hydrogen (secondary N) is 2. The number of H-pyrrole nitrogens is 1. The number of aromatic hydroxyl groups is 1. The van der Waals surface area contributed by atoms with E-state index < -0.39 is 5.91 Å². The summed E-state index contributed by atoms with van der Waals surface area (Å²) in [7, 11) is 0. The third-order valence-electron chi connectivity index (χ3n) is 3.05. The number of aromatic nitrogens is 1. The Morgan fingerprint density at radius 3 is 2.70 bits per heavy atom. The summed E-state index contributed by atoms with van der Waals surface area (Å²) in [5.74, 6) is -0.815. The van der Waals surface area contributed by atoms with Crippen LogP contribution in [-0.4, -0.2) is 31.2 Å². The summed E-state index contributed by atoms with van der Waals surface area (Å²) in [6.45, 7) is 0. The molecule has 2 heterocycles. The van der Waals surface area contributed by atoms with Crippen LogP contribution < -0.4 is 5.43 Å². The third-order valence-corrected chi connectivity index (χ3v) is 4.35. The van der Waals surface area contributed by atoms with Gasteiger partial charge in [-0.25, -0.2) is 0 Å². The molecule has 1 fully saturated rings. The predicted molar refractivity (Wildman–Crippen MR) is 91.4 cm³/mol. The molecule has 0 saturated carbocycles. The second kappa shape index (κ2) is 6.27. The van der Waals surface area contributed by atoms with E-state index >= 15 is 0 Å². The van der Waals surface area contributed by atoms with Crippen molar-refractivity contribution in [3.05, 3.63) is 58.8 Å². The number of phenolic OH excluding ortho intramolecular Hbond substituents is 1. The van der Waals surface area contributed by atoms with Crippen molar-refractivity contribution in [2.24, 2.45) is 0 Å². The minimum absolute atomic E-state index is 0.0565. The Morgan fingerprint density at radius 2 is 2.04 bits per heavy atom. The van der Waals surface area contributed by atoms with Crippen LogP contribution >= 0.6 is 24.0 Å². The van der Waals surface area contributed by atoms with Crippen LogP contribution in [-0.2, 0) is 4.79 Å². The summed E-state index contributed by atoms with van der Waals surface area (Å²) in [6, 6.07) is 9.34. The highest BCUT2D eigenvalue weighted by Gasteiger charge is 2.33. The fourth-order valence-corrected chi connectivity index (χ4v) is 3.09. The number of hydrazine groups is 1. The first kappa shape index (κ1) is 15.3. The van der Waals surface area contributed by atoms with Crippen molar-refractivity contribution in [2.45, 2.75) is 0 Å². The maximum absolute atomic E-state index is 12.3. The highest BCUT2D eigenvalue weighted by atomic mass is 32.2. The summed E-state index contributed by atoms with van der Waals surface area (Å²) >= 11 is 6.26. The van der Waals surface area contributed by atoms with Gasteiger partial charge in [-0.15, -0.1) is 0 Å². The number of thioether (sulfide) groups is 1. The van der Waals surface area contributed by atoms with Crippen LogP contribution in [0.4, 0.5) is 0 Å². The number of amides is 2. The monoisotopic (exact) mass is 345 g/mol. The molecule has 2 aromatic rings. The van der Waals surface area contributed by atoms with E-state index in [1.807, 2.05) is 12.1 Å². The van der Waals surface area contributed by atoms with E-state index in [1.165, 1.54) is 24.3 Å². The maximum Gasteiger partial charge on any atom is 0.285 e. The number of thiocarbonyl (C=S) groups is 1. The predicted octanol–water partition coefficient (Wildman–Crippen LogP) is 2.27. The van der Waals surface area contributed by atoms with Gasteiger partial charge in [-0.1, -0.05) is 11.8 Å². The molecule has 0 radical (unpaired) electrons. The van der Waals surface area contributed by atoms with E-state index in [0.717, 1.165) is 22.5 Å². The van der Waals surface area contributed by atoms with Crippen LogP contribution in [0.3, 0.4) is 0 Å². The van der Waals surface area contributed by atoms with Gasteiger partial charge in [0.05, 0.1) is 4.91 Å². The molecular weight excluding hydrogens is 334 g/mol. The smallest absolute Gasteiger partial charge is 0.285 e. The van der Waals surface area contributed by atoms with Gasteiger partial charge in [0.25, 0.3) is 11.8 Å². The molecule has 0 aliphatic carbocycles. The molecule has 1 aromatic carbocycles.